The first-order valence-corrected chi connectivity index (χ1v) is 7.15. The number of fused-ring (bicyclic) bond motifs is 2. The second-order valence-electron chi connectivity index (χ2n) is 6.03. The lowest BCUT2D eigenvalue weighted by Crippen LogP contribution is -2.26. The van der Waals surface area contributed by atoms with Crippen molar-refractivity contribution in [1.82, 2.24) is 5.32 Å². The highest BCUT2D eigenvalue weighted by Gasteiger charge is 2.38. The largest absolute Gasteiger partial charge is 0.312 e. The van der Waals surface area contributed by atoms with Gasteiger partial charge in [-0.2, -0.15) is 5.26 Å². The summed E-state index contributed by atoms with van der Waals surface area (Å²) in [5, 5.41) is 12.2. The van der Waals surface area contributed by atoms with Crippen LogP contribution in [0.5, 0.6) is 0 Å². The van der Waals surface area contributed by atoms with E-state index in [4.69, 9.17) is 5.26 Å². The van der Waals surface area contributed by atoms with E-state index in [0.717, 1.165) is 29.9 Å². The van der Waals surface area contributed by atoms with Crippen LogP contribution in [0, 0.1) is 34.9 Å². The van der Waals surface area contributed by atoms with Gasteiger partial charge in [0.15, 0.2) is 0 Å². The molecule has 3 unspecified atom stereocenters. The molecular formula is C16H19FN2. The van der Waals surface area contributed by atoms with E-state index >= 15 is 0 Å². The summed E-state index contributed by atoms with van der Waals surface area (Å²) in [5.41, 5.74) is 1.26. The molecule has 3 atom stereocenters. The summed E-state index contributed by atoms with van der Waals surface area (Å²) in [7, 11) is 0. The molecule has 100 valence electrons. The number of rotatable bonds is 4. The third-order valence-electron chi connectivity index (χ3n) is 4.71. The lowest BCUT2D eigenvalue weighted by Gasteiger charge is -2.21. The highest BCUT2D eigenvalue weighted by molar-refractivity contribution is 5.33. The lowest BCUT2D eigenvalue weighted by atomic mass is 9.89. The second kappa shape index (κ2) is 5.30. The molecule has 0 aliphatic heterocycles. The Morgan fingerprint density at radius 1 is 1.26 bits per heavy atom. The fourth-order valence-electron chi connectivity index (χ4n) is 3.85. The summed E-state index contributed by atoms with van der Waals surface area (Å²) in [6.45, 7) is 1.68. The zero-order valence-electron chi connectivity index (χ0n) is 11.0. The van der Waals surface area contributed by atoms with E-state index in [0.29, 0.717) is 12.1 Å². The number of nitriles is 1. The summed E-state index contributed by atoms with van der Waals surface area (Å²) in [4.78, 5) is 0. The maximum Gasteiger partial charge on any atom is 0.124 e. The van der Waals surface area contributed by atoms with Crippen LogP contribution in [0.25, 0.3) is 0 Å². The fourth-order valence-corrected chi connectivity index (χ4v) is 3.85. The van der Waals surface area contributed by atoms with Gasteiger partial charge in [0.05, 0.1) is 11.6 Å². The van der Waals surface area contributed by atoms with E-state index < -0.39 is 0 Å². The summed E-state index contributed by atoms with van der Waals surface area (Å²) in [5.74, 6) is 2.37. The van der Waals surface area contributed by atoms with Gasteiger partial charge in [0.2, 0.25) is 0 Å². The average Bonchev–Trinajstić information content (AvgIpc) is 3.00. The molecule has 0 heterocycles. The Labute approximate surface area is 113 Å². The van der Waals surface area contributed by atoms with E-state index in [2.05, 4.69) is 5.32 Å². The summed E-state index contributed by atoms with van der Waals surface area (Å²) in [6.07, 6.45) is 5.61. The van der Waals surface area contributed by atoms with Gasteiger partial charge >= 0.3 is 0 Å². The third kappa shape index (κ3) is 2.79. The number of nitrogens with zero attached hydrogens (tertiary/aromatic N) is 1. The highest BCUT2D eigenvalue weighted by atomic mass is 19.1. The van der Waals surface area contributed by atoms with Gasteiger partial charge in [0.1, 0.15) is 5.82 Å². The van der Waals surface area contributed by atoms with Crippen LogP contribution in [0.15, 0.2) is 18.2 Å². The van der Waals surface area contributed by atoms with Crippen molar-refractivity contribution in [3.63, 3.8) is 0 Å². The van der Waals surface area contributed by atoms with E-state index in [-0.39, 0.29) is 5.82 Å². The van der Waals surface area contributed by atoms with Crippen molar-refractivity contribution < 1.29 is 4.39 Å². The Balaban J connectivity index is 1.52. The van der Waals surface area contributed by atoms with E-state index in [1.807, 2.05) is 6.07 Å². The maximum atomic E-state index is 13.3. The Hall–Kier alpha value is -1.40. The number of benzene rings is 1. The third-order valence-corrected chi connectivity index (χ3v) is 4.71. The summed E-state index contributed by atoms with van der Waals surface area (Å²) < 4.78 is 13.3. The first kappa shape index (κ1) is 12.6. The minimum absolute atomic E-state index is 0.323. The molecule has 1 aromatic rings. The fraction of sp³-hybridized carbons (Fsp3) is 0.562. The van der Waals surface area contributed by atoms with Crippen LogP contribution in [0.3, 0.4) is 0 Å². The lowest BCUT2D eigenvalue weighted by molar-refractivity contribution is 0.318. The van der Waals surface area contributed by atoms with Crippen molar-refractivity contribution in [2.75, 3.05) is 6.54 Å². The van der Waals surface area contributed by atoms with Crippen molar-refractivity contribution in [3.8, 4) is 6.07 Å². The van der Waals surface area contributed by atoms with Crippen LogP contribution < -0.4 is 5.32 Å². The molecule has 2 nitrogen and oxygen atoms in total. The van der Waals surface area contributed by atoms with Crippen LogP contribution in [0.1, 0.15) is 36.8 Å². The normalized spacial score (nSPS) is 28.5. The zero-order chi connectivity index (χ0) is 13.2. The Morgan fingerprint density at radius 3 is 2.84 bits per heavy atom. The molecule has 1 N–H and O–H groups in total. The van der Waals surface area contributed by atoms with Crippen LogP contribution >= 0.6 is 0 Å². The number of hydrogen-bond donors (Lipinski definition) is 1. The predicted molar refractivity (Wildman–Crippen MR) is 71.8 cm³/mol. The number of halogens is 1. The SMILES string of the molecule is N#Cc1cc(F)cc(CNCC2CC3CCC2C3)c1. The molecule has 1 aromatic carbocycles. The molecular weight excluding hydrogens is 239 g/mol. The van der Waals surface area contributed by atoms with Gasteiger partial charge in [-0.25, -0.2) is 4.39 Å². The predicted octanol–water partition coefficient (Wildman–Crippen LogP) is 3.22. The van der Waals surface area contributed by atoms with E-state index in [9.17, 15) is 4.39 Å². The topological polar surface area (TPSA) is 35.8 Å². The maximum absolute atomic E-state index is 13.3. The number of hydrogen-bond acceptors (Lipinski definition) is 2. The highest BCUT2D eigenvalue weighted by Crippen LogP contribution is 2.47. The summed E-state index contributed by atoms with van der Waals surface area (Å²) >= 11 is 0. The molecule has 2 aliphatic rings. The quantitative estimate of drug-likeness (QED) is 0.900. The monoisotopic (exact) mass is 258 g/mol. The minimum Gasteiger partial charge on any atom is -0.312 e. The molecule has 2 saturated carbocycles. The molecule has 19 heavy (non-hydrogen) atoms. The summed E-state index contributed by atoms with van der Waals surface area (Å²) in [6, 6.07) is 6.54. The number of nitrogens with one attached hydrogen (secondary N) is 1. The van der Waals surface area contributed by atoms with Gasteiger partial charge in [-0.3, -0.25) is 0 Å². The first-order chi connectivity index (χ1) is 9.24. The molecule has 3 rings (SSSR count). The van der Waals surface area contributed by atoms with Crippen molar-refractivity contribution in [1.29, 1.82) is 5.26 Å². The molecule has 0 saturated heterocycles. The van der Waals surface area contributed by atoms with Crippen LogP contribution in [-0.2, 0) is 6.54 Å². The van der Waals surface area contributed by atoms with Crippen molar-refractivity contribution in [2.45, 2.75) is 32.2 Å². The van der Waals surface area contributed by atoms with E-state index in [1.54, 1.807) is 6.07 Å². The Kier molecular flexibility index (Phi) is 3.52. The smallest absolute Gasteiger partial charge is 0.124 e. The standard InChI is InChI=1S/C16H19FN2/c17-16-6-12(8-18)3-13(7-16)9-19-10-15-5-11-1-2-14(15)4-11/h3,6-7,11,14-15,19H,1-2,4-5,9-10H2. The second-order valence-corrected chi connectivity index (χ2v) is 6.03. The zero-order valence-corrected chi connectivity index (χ0v) is 11.0. The molecule has 2 bridgehead atoms. The van der Waals surface area contributed by atoms with Gasteiger partial charge in [-0.05, 0) is 67.3 Å². The average molecular weight is 258 g/mol. The molecule has 0 amide bonds. The molecule has 2 aliphatic carbocycles. The molecule has 0 aromatic heterocycles. The van der Waals surface area contributed by atoms with Crippen molar-refractivity contribution in [3.05, 3.63) is 35.1 Å². The Bertz CT molecular complexity index is 506. The molecule has 0 radical (unpaired) electrons. The van der Waals surface area contributed by atoms with E-state index in [1.165, 1.54) is 37.8 Å². The van der Waals surface area contributed by atoms with Gasteiger partial charge in [-0.15, -0.1) is 0 Å². The molecule has 3 heteroatoms. The van der Waals surface area contributed by atoms with Gasteiger partial charge < -0.3 is 5.32 Å². The van der Waals surface area contributed by atoms with Crippen LogP contribution in [0.4, 0.5) is 4.39 Å². The van der Waals surface area contributed by atoms with Gasteiger partial charge in [0.25, 0.3) is 0 Å². The van der Waals surface area contributed by atoms with Crippen LogP contribution in [-0.4, -0.2) is 6.54 Å². The minimum atomic E-state index is -0.323. The molecule has 0 spiro atoms. The first-order valence-electron chi connectivity index (χ1n) is 7.15. The van der Waals surface area contributed by atoms with Gasteiger partial charge in [-0.1, -0.05) is 6.42 Å². The Morgan fingerprint density at radius 2 is 2.16 bits per heavy atom. The van der Waals surface area contributed by atoms with Crippen molar-refractivity contribution >= 4 is 0 Å². The molecule has 2 fully saturated rings. The van der Waals surface area contributed by atoms with Gasteiger partial charge in [0, 0.05) is 6.54 Å². The van der Waals surface area contributed by atoms with Crippen molar-refractivity contribution in [2.24, 2.45) is 17.8 Å². The van der Waals surface area contributed by atoms with Crippen LogP contribution in [0.2, 0.25) is 0 Å².